The molecule has 0 aromatic heterocycles. The zero-order chi connectivity index (χ0) is 30.1. The van der Waals surface area contributed by atoms with Crippen molar-refractivity contribution in [1.29, 1.82) is 0 Å². The molecule has 1 N–H and O–H groups in total. The molecule has 3 saturated heterocycles. The van der Waals surface area contributed by atoms with Crippen LogP contribution in [-0.4, -0.2) is 64.0 Å². The van der Waals surface area contributed by atoms with E-state index in [1.165, 1.54) is 0 Å². The maximum absolute atomic E-state index is 14.3. The van der Waals surface area contributed by atoms with Gasteiger partial charge in [-0.2, -0.15) is 0 Å². The lowest BCUT2D eigenvalue weighted by atomic mass is 9.75. The number of thioether (sulfide) groups is 1. The summed E-state index contributed by atoms with van der Waals surface area (Å²) in [6.45, 7) is 1.96. The summed E-state index contributed by atoms with van der Waals surface area (Å²) in [5, 5.41) is 3.73. The van der Waals surface area contributed by atoms with Crippen LogP contribution in [-0.2, 0) is 26.5 Å². The first-order valence-corrected chi connectivity index (χ1v) is 16.2. The lowest BCUT2D eigenvalue weighted by molar-refractivity contribution is -0.166. The fourth-order valence-electron chi connectivity index (χ4n) is 7.15. The molecule has 1 spiro atoms. The van der Waals surface area contributed by atoms with E-state index in [2.05, 4.69) is 53.7 Å². The second-order valence-electron chi connectivity index (χ2n) is 12.1. The Morgan fingerprint density at radius 1 is 0.818 bits per heavy atom. The summed E-state index contributed by atoms with van der Waals surface area (Å²) in [5.41, 5.74) is 3.33. The normalized spacial score (nSPS) is 22.8. The number of nitrogens with one attached hydrogen (secondary N) is 1. The van der Waals surface area contributed by atoms with Gasteiger partial charge in [-0.3, -0.25) is 10.1 Å². The van der Waals surface area contributed by atoms with Gasteiger partial charge in [-0.25, -0.2) is 4.79 Å². The number of benzene rings is 4. The van der Waals surface area contributed by atoms with Crippen LogP contribution in [0.2, 0.25) is 0 Å². The van der Waals surface area contributed by atoms with Crippen molar-refractivity contribution in [2.75, 3.05) is 20.1 Å². The van der Waals surface area contributed by atoms with Gasteiger partial charge >= 0.3 is 5.97 Å². The van der Waals surface area contributed by atoms with E-state index >= 15 is 0 Å². The standard InChI is InChI=1S/C37H37N3O3S/c1-39-24-22-36(23-25-39)32(35(42)43-26-27-14-6-2-7-15-27)40-33(41)31(34(40)44-36)38-37(28-16-8-3-9-17-28,29-18-10-4-11-19-29)30-20-12-5-13-21-30/h2-21,31-32,34,38H,22-26H2,1H3. The Morgan fingerprint density at radius 2 is 1.30 bits per heavy atom. The minimum absolute atomic E-state index is 0.0490. The van der Waals surface area contributed by atoms with Gasteiger partial charge in [0.25, 0.3) is 0 Å². The van der Waals surface area contributed by atoms with Crippen LogP contribution in [0.1, 0.15) is 35.1 Å². The first kappa shape index (κ1) is 28.8. The fraction of sp³-hybridized carbons (Fsp3) is 0.297. The van der Waals surface area contributed by atoms with Crippen LogP contribution in [0.5, 0.6) is 0 Å². The largest absolute Gasteiger partial charge is 0.459 e. The highest BCUT2D eigenvalue weighted by Gasteiger charge is 2.68. The Balaban J connectivity index is 1.25. The van der Waals surface area contributed by atoms with Crippen LogP contribution in [0.4, 0.5) is 0 Å². The van der Waals surface area contributed by atoms with Crippen LogP contribution in [0.25, 0.3) is 0 Å². The van der Waals surface area contributed by atoms with Crippen LogP contribution in [0.3, 0.4) is 0 Å². The fourth-order valence-corrected chi connectivity index (χ4v) is 9.05. The molecule has 4 aromatic carbocycles. The number of hydrogen-bond donors (Lipinski definition) is 1. The van der Waals surface area contributed by atoms with Gasteiger partial charge in [0.1, 0.15) is 24.1 Å². The number of ether oxygens (including phenoxy) is 1. The Morgan fingerprint density at radius 3 is 1.80 bits per heavy atom. The summed E-state index contributed by atoms with van der Waals surface area (Å²) in [6.07, 6.45) is 1.65. The number of rotatable bonds is 8. The minimum atomic E-state index is -0.775. The average molecular weight is 604 g/mol. The molecule has 3 aliphatic heterocycles. The van der Waals surface area contributed by atoms with Crippen molar-refractivity contribution < 1.29 is 14.3 Å². The molecule has 3 atom stereocenters. The summed E-state index contributed by atoms with van der Waals surface area (Å²) in [7, 11) is 2.12. The van der Waals surface area contributed by atoms with Gasteiger partial charge in [0.2, 0.25) is 5.91 Å². The van der Waals surface area contributed by atoms with Crippen molar-refractivity contribution in [3.8, 4) is 0 Å². The molecular formula is C37H37N3O3S. The summed E-state index contributed by atoms with van der Waals surface area (Å²) in [4.78, 5) is 32.4. The van der Waals surface area contributed by atoms with Gasteiger partial charge in [0.15, 0.2) is 0 Å². The molecule has 3 unspecified atom stereocenters. The molecule has 0 saturated carbocycles. The number of fused-ring (bicyclic) bond motifs is 1. The highest BCUT2D eigenvalue weighted by atomic mass is 32.2. The summed E-state index contributed by atoms with van der Waals surface area (Å²) < 4.78 is 5.55. The zero-order valence-electron chi connectivity index (χ0n) is 24.8. The van der Waals surface area contributed by atoms with Gasteiger partial charge in [-0.15, -0.1) is 11.8 Å². The molecule has 4 aromatic rings. The van der Waals surface area contributed by atoms with Crippen LogP contribution in [0.15, 0.2) is 121 Å². The lowest BCUT2D eigenvalue weighted by Crippen LogP contribution is -2.73. The van der Waals surface area contributed by atoms with Crippen molar-refractivity contribution in [3.05, 3.63) is 144 Å². The number of amides is 1. The predicted octanol–water partition coefficient (Wildman–Crippen LogP) is 5.43. The Bertz CT molecular complexity index is 1500. The number of piperidine rings is 1. The van der Waals surface area contributed by atoms with Crippen molar-refractivity contribution in [1.82, 2.24) is 15.1 Å². The molecule has 3 fully saturated rings. The third-order valence-electron chi connectivity index (χ3n) is 9.48. The summed E-state index contributed by atoms with van der Waals surface area (Å²) >= 11 is 1.80. The highest BCUT2D eigenvalue weighted by Crippen LogP contribution is 2.56. The van der Waals surface area contributed by atoms with Crippen LogP contribution >= 0.6 is 11.8 Å². The van der Waals surface area contributed by atoms with E-state index < -0.39 is 17.6 Å². The second kappa shape index (κ2) is 11.9. The SMILES string of the molecule is CN1CCC2(CC1)SC1C(NC(c3ccccc3)(c3ccccc3)c3ccccc3)C(=O)N1C2C(=O)OCc1ccccc1. The van der Waals surface area contributed by atoms with Gasteiger partial charge < -0.3 is 14.5 Å². The van der Waals surface area contributed by atoms with E-state index in [1.807, 2.05) is 89.8 Å². The average Bonchev–Trinajstić information content (AvgIpc) is 3.38. The van der Waals surface area contributed by atoms with E-state index in [9.17, 15) is 9.59 Å². The number of carbonyl (C=O) groups excluding carboxylic acids is 2. The first-order chi connectivity index (χ1) is 21.5. The minimum Gasteiger partial charge on any atom is -0.459 e. The summed E-state index contributed by atoms with van der Waals surface area (Å²) in [5.74, 6) is -0.354. The van der Waals surface area contributed by atoms with Gasteiger partial charge in [-0.05, 0) is 55.2 Å². The lowest BCUT2D eigenvalue weighted by Gasteiger charge is -2.49. The number of esters is 1. The van der Waals surface area contributed by atoms with Crippen molar-refractivity contribution in [3.63, 3.8) is 0 Å². The second-order valence-corrected chi connectivity index (χ2v) is 13.6. The smallest absolute Gasteiger partial charge is 0.330 e. The van der Waals surface area contributed by atoms with Crippen LogP contribution < -0.4 is 5.32 Å². The van der Waals surface area contributed by atoms with E-state index in [1.54, 1.807) is 11.8 Å². The molecule has 3 aliphatic rings. The number of carbonyl (C=O) groups is 2. The molecule has 3 heterocycles. The molecule has 7 rings (SSSR count). The Kier molecular flexibility index (Phi) is 7.79. The quantitative estimate of drug-likeness (QED) is 0.165. The third kappa shape index (κ3) is 4.93. The maximum Gasteiger partial charge on any atom is 0.330 e. The number of hydrogen-bond acceptors (Lipinski definition) is 6. The maximum atomic E-state index is 14.3. The summed E-state index contributed by atoms with van der Waals surface area (Å²) in [6, 6.07) is 39.7. The molecule has 224 valence electrons. The molecule has 44 heavy (non-hydrogen) atoms. The highest BCUT2D eigenvalue weighted by molar-refractivity contribution is 8.01. The molecule has 6 nitrogen and oxygen atoms in total. The predicted molar refractivity (Wildman–Crippen MR) is 174 cm³/mol. The van der Waals surface area contributed by atoms with E-state index in [-0.39, 0.29) is 28.6 Å². The monoisotopic (exact) mass is 603 g/mol. The molecule has 1 amide bonds. The molecular weight excluding hydrogens is 566 g/mol. The van der Waals surface area contributed by atoms with Crippen molar-refractivity contribution >= 4 is 23.6 Å². The van der Waals surface area contributed by atoms with Crippen LogP contribution in [0, 0.1) is 0 Å². The number of nitrogens with zero attached hydrogens (tertiary/aromatic N) is 2. The Hall–Kier alpha value is -3.91. The van der Waals surface area contributed by atoms with Gasteiger partial charge in [-0.1, -0.05) is 121 Å². The molecule has 7 heteroatoms. The zero-order valence-corrected chi connectivity index (χ0v) is 25.7. The first-order valence-electron chi connectivity index (χ1n) is 15.4. The molecule has 0 radical (unpaired) electrons. The topological polar surface area (TPSA) is 61.9 Å². The molecule has 0 bridgehead atoms. The van der Waals surface area contributed by atoms with E-state index in [4.69, 9.17) is 4.74 Å². The van der Waals surface area contributed by atoms with Crippen molar-refractivity contribution in [2.45, 2.75) is 47.2 Å². The number of likely N-dealkylation sites (tertiary alicyclic amines) is 1. The van der Waals surface area contributed by atoms with Gasteiger partial charge in [0.05, 0.1) is 10.3 Å². The number of β-lactam (4-membered cyclic amide) rings is 1. The third-order valence-corrected chi connectivity index (χ3v) is 11.3. The van der Waals surface area contributed by atoms with E-state index in [0.717, 1.165) is 48.2 Å². The molecule has 0 aliphatic carbocycles. The van der Waals surface area contributed by atoms with Gasteiger partial charge in [0, 0.05) is 0 Å². The van der Waals surface area contributed by atoms with Crippen molar-refractivity contribution in [2.24, 2.45) is 0 Å². The Labute approximate surface area is 263 Å². The van der Waals surface area contributed by atoms with E-state index in [0.29, 0.717) is 0 Å².